The molecule has 1 amide bonds. The molecule has 2 aromatic carbocycles. The summed E-state index contributed by atoms with van der Waals surface area (Å²) in [5.74, 6) is -0.772. The molecular weight excluding hydrogens is 379 g/mol. The van der Waals surface area contributed by atoms with Gasteiger partial charge in [0.2, 0.25) is 0 Å². The van der Waals surface area contributed by atoms with Crippen molar-refractivity contribution in [3.8, 4) is 5.69 Å². The van der Waals surface area contributed by atoms with Gasteiger partial charge in [-0.05, 0) is 31.0 Å². The van der Waals surface area contributed by atoms with Crippen LogP contribution in [0, 0.1) is 6.92 Å². The number of alkyl halides is 3. The van der Waals surface area contributed by atoms with Crippen molar-refractivity contribution in [3.05, 3.63) is 83.2 Å². The second-order valence-electron chi connectivity index (χ2n) is 6.88. The first-order valence-electron chi connectivity index (χ1n) is 9.36. The van der Waals surface area contributed by atoms with Crippen molar-refractivity contribution < 1.29 is 18.0 Å². The minimum absolute atomic E-state index is 0.0154. The second-order valence-corrected chi connectivity index (χ2v) is 6.88. The van der Waals surface area contributed by atoms with Crippen LogP contribution >= 0.6 is 0 Å². The lowest BCUT2D eigenvalue weighted by Gasteiger charge is -2.17. The third-order valence-corrected chi connectivity index (χ3v) is 4.83. The molecular formula is C22H22F3N3O. The zero-order valence-electron chi connectivity index (χ0n) is 16.2. The second kappa shape index (κ2) is 8.51. The molecule has 0 saturated heterocycles. The van der Waals surface area contributed by atoms with Crippen molar-refractivity contribution >= 4 is 5.91 Å². The van der Waals surface area contributed by atoms with Gasteiger partial charge in [-0.3, -0.25) is 4.79 Å². The van der Waals surface area contributed by atoms with Crippen LogP contribution in [0.25, 0.3) is 5.69 Å². The monoisotopic (exact) mass is 401 g/mol. The number of hydrogen-bond donors (Lipinski definition) is 1. The van der Waals surface area contributed by atoms with E-state index in [0.29, 0.717) is 0 Å². The zero-order valence-corrected chi connectivity index (χ0v) is 16.2. The van der Waals surface area contributed by atoms with Crippen LogP contribution < -0.4 is 5.32 Å². The summed E-state index contributed by atoms with van der Waals surface area (Å²) in [6.45, 7) is 4.06. The number of carbonyl (C=O) groups excluding carboxylic acids is 1. The summed E-state index contributed by atoms with van der Waals surface area (Å²) >= 11 is 0. The maximum Gasteiger partial charge on any atom is 0.434 e. The summed E-state index contributed by atoms with van der Waals surface area (Å²) in [6, 6.07) is 16.0. The standard InChI is InChI=1S/C22H22F3N3O/c1-3-16(17-7-5-4-6-8-17)13-26-21(29)19-14-27-28(20(19)22(23,24)25)18-11-9-15(2)10-12-18/h4-12,14,16H,3,13H2,1-2H3,(H,26,29). The molecule has 0 fully saturated rings. The van der Waals surface area contributed by atoms with E-state index in [0.717, 1.165) is 28.4 Å². The molecule has 0 aliphatic heterocycles. The number of aromatic nitrogens is 2. The third-order valence-electron chi connectivity index (χ3n) is 4.83. The van der Waals surface area contributed by atoms with Crippen LogP contribution in [-0.2, 0) is 6.18 Å². The molecule has 152 valence electrons. The smallest absolute Gasteiger partial charge is 0.351 e. The van der Waals surface area contributed by atoms with Crippen LogP contribution in [0.15, 0.2) is 60.8 Å². The fourth-order valence-corrected chi connectivity index (χ4v) is 3.20. The van der Waals surface area contributed by atoms with Crippen molar-refractivity contribution in [3.63, 3.8) is 0 Å². The van der Waals surface area contributed by atoms with Crippen LogP contribution in [0.5, 0.6) is 0 Å². The van der Waals surface area contributed by atoms with E-state index in [9.17, 15) is 18.0 Å². The number of hydrogen-bond acceptors (Lipinski definition) is 2. The lowest BCUT2D eigenvalue weighted by Crippen LogP contribution is -2.30. The van der Waals surface area contributed by atoms with Gasteiger partial charge in [0, 0.05) is 12.5 Å². The summed E-state index contributed by atoms with van der Waals surface area (Å²) in [5.41, 5.74) is 0.631. The van der Waals surface area contributed by atoms with E-state index in [-0.39, 0.29) is 18.2 Å². The van der Waals surface area contributed by atoms with Crippen molar-refractivity contribution in [2.24, 2.45) is 0 Å². The van der Waals surface area contributed by atoms with Gasteiger partial charge >= 0.3 is 6.18 Å². The number of nitrogens with zero attached hydrogens (tertiary/aromatic N) is 2. The minimum atomic E-state index is -4.72. The first-order chi connectivity index (χ1) is 13.8. The number of nitrogens with one attached hydrogen (secondary N) is 1. The summed E-state index contributed by atoms with van der Waals surface area (Å²) < 4.78 is 42.0. The Labute approximate surface area is 167 Å². The normalized spacial score (nSPS) is 12.6. The molecule has 4 nitrogen and oxygen atoms in total. The number of rotatable bonds is 6. The van der Waals surface area contributed by atoms with Gasteiger partial charge in [0.25, 0.3) is 5.91 Å². The molecule has 29 heavy (non-hydrogen) atoms. The SMILES string of the molecule is CCC(CNC(=O)c1cnn(-c2ccc(C)cc2)c1C(F)(F)F)c1ccccc1. The molecule has 1 N–H and O–H groups in total. The van der Waals surface area contributed by atoms with Gasteiger partial charge in [-0.2, -0.15) is 18.3 Å². The van der Waals surface area contributed by atoms with E-state index >= 15 is 0 Å². The topological polar surface area (TPSA) is 46.9 Å². The molecule has 0 radical (unpaired) electrons. The molecule has 1 unspecified atom stereocenters. The summed E-state index contributed by atoms with van der Waals surface area (Å²) in [6.07, 6.45) is -3.00. The number of aryl methyl sites for hydroxylation is 1. The fraction of sp³-hybridized carbons (Fsp3) is 0.273. The van der Waals surface area contributed by atoms with Crippen LogP contribution in [-0.4, -0.2) is 22.2 Å². The van der Waals surface area contributed by atoms with Gasteiger partial charge in [0.15, 0.2) is 5.69 Å². The summed E-state index contributed by atoms with van der Waals surface area (Å²) in [5, 5.41) is 6.49. The highest BCUT2D eigenvalue weighted by atomic mass is 19.4. The molecule has 3 rings (SSSR count). The predicted molar refractivity (Wildman–Crippen MR) is 105 cm³/mol. The Morgan fingerprint density at radius 1 is 1.10 bits per heavy atom. The highest BCUT2D eigenvalue weighted by molar-refractivity contribution is 5.95. The average molecular weight is 401 g/mol. The van der Waals surface area contributed by atoms with E-state index in [1.54, 1.807) is 24.3 Å². The van der Waals surface area contributed by atoms with E-state index in [1.807, 2.05) is 44.2 Å². The number of amides is 1. The Morgan fingerprint density at radius 2 is 1.76 bits per heavy atom. The molecule has 1 heterocycles. The van der Waals surface area contributed by atoms with Crippen LogP contribution in [0.2, 0.25) is 0 Å². The Kier molecular flexibility index (Phi) is 6.06. The van der Waals surface area contributed by atoms with Crippen LogP contribution in [0.3, 0.4) is 0 Å². The number of benzene rings is 2. The van der Waals surface area contributed by atoms with Gasteiger partial charge in [-0.15, -0.1) is 0 Å². The predicted octanol–water partition coefficient (Wildman–Crippen LogP) is 5.12. The van der Waals surface area contributed by atoms with Crippen LogP contribution in [0.4, 0.5) is 13.2 Å². The average Bonchev–Trinajstić information content (AvgIpc) is 3.15. The number of carbonyl (C=O) groups is 1. The lowest BCUT2D eigenvalue weighted by molar-refractivity contribution is -0.143. The molecule has 1 aromatic heterocycles. The maximum atomic E-state index is 13.8. The zero-order chi connectivity index (χ0) is 21.0. The Morgan fingerprint density at radius 3 is 2.34 bits per heavy atom. The lowest BCUT2D eigenvalue weighted by atomic mass is 9.96. The summed E-state index contributed by atoms with van der Waals surface area (Å²) in [7, 11) is 0. The minimum Gasteiger partial charge on any atom is -0.351 e. The van der Waals surface area contributed by atoms with Crippen molar-refractivity contribution in [1.82, 2.24) is 15.1 Å². The van der Waals surface area contributed by atoms with Crippen molar-refractivity contribution in [2.75, 3.05) is 6.54 Å². The molecule has 7 heteroatoms. The Bertz CT molecular complexity index is 963. The maximum absolute atomic E-state index is 13.8. The molecule has 0 spiro atoms. The van der Waals surface area contributed by atoms with Gasteiger partial charge in [0.1, 0.15) is 0 Å². The van der Waals surface area contributed by atoms with Gasteiger partial charge in [0.05, 0.1) is 17.4 Å². The molecule has 0 aliphatic carbocycles. The van der Waals surface area contributed by atoms with E-state index < -0.39 is 23.3 Å². The largest absolute Gasteiger partial charge is 0.434 e. The first kappa shape index (κ1) is 20.6. The van der Waals surface area contributed by atoms with Gasteiger partial charge in [-0.25, -0.2) is 4.68 Å². The van der Waals surface area contributed by atoms with E-state index in [1.165, 1.54) is 0 Å². The van der Waals surface area contributed by atoms with Gasteiger partial charge < -0.3 is 5.32 Å². The van der Waals surface area contributed by atoms with Crippen molar-refractivity contribution in [1.29, 1.82) is 0 Å². The number of halogens is 3. The Balaban J connectivity index is 1.86. The highest BCUT2D eigenvalue weighted by Crippen LogP contribution is 2.33. The summed E-state index contributed by atoms with van der Waals surface area (Å²) in [4.78, 5) is 12.6. The fourth-order valence-electron chi connectivity index (χ4n) is 3.20. The van der Waals surface area contributed by atoms with Crippen molar-refractivity contribution in [2.45, 2.75) is 32.4 Å². The third kappa shape index (κ3) is 4.67. The first-order valence-corrected chi connectivity index (χ1v) is 9.36. The van der Waals surface area contributed by atoms with E-state index in [4.69, 9.17) is 0 Å². The molecule has 0 aliphatic rings. The molecule has 1 atom stereocenters. The van der Waals surface area contributed by atoms with Gasteiger partial charge in [-0.1, -0.05) is 55.0 Å². The molecule has 3 aromatic rings. The molecule has 0 bridgehead atoms. The highest BCUT2D eigenvalue weighted by Gasteiger charge is 2.40. The molecule has 0 saturated carbocycles. The quantitative estimate of drug-likeness (QED) is 0.623. The van der Waals surface area contributed by atoms with E-state index in [2.05, 4.69) is 10.4 Å². The Hall–Kier alpha value is -3.09. The van der Waals surface area contributed by atoms with Crippen LogP contribution in [0.1, 0.15) is 46.4 Å².